The predicted molar refractivity (Wildman–Crippen MR) is 75.7 cm³/mol. The topological polar surface area (TPSA) is 86.7 Å². The molecule has 0 saturated carbocycles. The molecular weight excluding hydrogens is 280 g/mol. The molecule has 1 heterocycles. The Morgan fingerprint density at radius 1 is 1.40 bits per heavy atom. The molecule has 0 aliphatic carbocycles. The number of hydrogen-bond acceptors (Lipinski definition) is 4. The van der Waals surface area contributed by atoms with Gasteiger partial charge in [0.2, 0.25) is 5.91 Å². The van der Waals surface area contributed by atoms with Crippen molar-refractivity contribution in [2.45, 2.75) is 19.9 Å². The quantitative estimate of drug-likeness (QED) is 0.821. The number of amides is 2. The zero-order valence-corrected chi connectivity index (χ0v) is 12.4. The van der Waals surface area contributed by atoms with Crippen LogP contribution in [0.15, 0.2) is 17.5 Å². The summed E-state index contributed by atoms with van der Waals surface area (Å²) in [7, 11) is 1.52. The van der Waals surface area contributed by atoms with Gasteiger partial charge in [0.1, 0.15) is 6.04 Å². The molecule has 0 aliphatic rings. The standard InChI is InChI=1S/C13H18N2O4S/c1-8(13(18)19)7-15(3)12(17)9(2)14-11(16)10-5-4-6-20-10/h4-6,8-9H,7H2,1-3H3,(H,14,16)(H,18,19). The molecule has 0 spiro atoms. The summed E-state index contributed by atoms with van der Waals surface area (Å²) in [5.74, 6) is -2.23. The lowest BCUT2D eigenvalue weighted by molar-refractivity contribution is -0.142. The maximum Gasteiger partial charge on any atom is 0.308 e. The molecule has 2 unspecified atom stereocenters. The van der Waals surface area contributed by atoms with E-state index in [1.807, 2.05) is 0 Å². The van der Waals surface area contributed by atoms with Crippen molar-refractivity contribution in [3.05, 3.63) is 22.4 Å². The highest BCUT2D eigenvalue weighted by Gasteiger charge is 2.23. The van der Waals surface area contributed by atoms with Crippen LogP contribution in [0.25, 0.3) is 0 Å². The van der Waals surface area contributed by atoms with Gasteiger partial charge < -0.3 is 15.3 Å². The molecule has 1 aromatic rings. The third-order valence-electron chi connectivity index (χ3n) is 2.81. The number of nitrogens with zero attached hydrogens (tertiary/aromatic N) is 1. The van der Waals surface area contributed by atoms with Gasteiger partial charge in [-0.3, -0.25) is 14.4 Å². The molecular formula is C13H18N2O4S. The molecule has 0 aliphatic heterocycles. The Hall–Kier alpha value is -1.89. The van der Waals surface area contributed by atoms with Crippen molar-refractivity contribution in [2.24, 2.45) is 5.92 Å². The average Bonchev–Trinajstić information content (AvgIpc) is 2.91. The molecule has 0 radical (unpaired) electrons. The number of thiophene rings is 1. The molecule has 0 saturated heterocycles. The second-order valence-corrected chi connectivity index (χ2v) is 5.58. The lowest BCUT2D eigenvalue weighted by Gasteiger charge is -2.23. The molecule has 0 fully saturated rings. The Morgan fingerprint density at radius 3 is 2.55 bits per heavy atom. The largest absolute Gasteiger partial charge is 0.481 e. The van der Waals surface area contributed by atoms with Crippen molar-refractivity contribution in [1.29, 1.82) is 0 Å². The Kier molecular flexibility index (Phi) is 5.69. The summed E-state index contributed by atoms with van der Waals surface area (Å²) in [6.45, 7) is 3.21. The van der Waals surface area contributed by atoms with Gasteiger partial charge in [-0.15, -0.1) is 11.3 Å². The van der Waals surface area contributed by atoms with Gasteiger partial charge in [-0.05, 0) is 18.4 Å². The highest BCUT2D eigenvalue weighted by Crippen LogP contribution is 2.08. The fraction of sp³-hybridized carbons (Fsp3) is 0.462. The highest BCUT2D eigenvalue weighted by atomic mass is 32.1. The van der Waals surface area contributed by atoms with Crippen LogP contribution in [0, 0.1) is 5.92 Å². The fourth-order valence-corrected chi connectivity index (χ4v) is 2.27. The van der Waals surface area contributed by atoms with Crippen molar-refractivity contribution >= 4 is 29.1 Å². The highest BCUT2D eigenvalue weighted by molar-refractivity contribution is 7.12. The molecule has 20 heavy (non-hydrogen) atoms. The van der Waals surface area contributed by atoms with Gasteiger partial charge in [0.15, 0.2) is 0 Å². The second kappa shape index (κ2) is 7.04. The molecule has 6 nitrogen and oxygen atoms in total. The summed E-state index contributed by atoms with van der Waals surface area (Å²) < 4.78 is 0. The van der Waals surface area contributed by atoms with Crippen molar-refractivity contribution in [3.63, 3.8) is 0 Å². The molecule has 2 atom stereocenters. The molecule has 0 aromatic carbocycles. The van der Waals surface area contributed by atoms with Gasteiger partial charge in [-0.1, -0.05) is 13.0 Å². The van der Waals surface area contributed by atoms with E-state index in [1.165, 1.54) is 30.2 Å². The van der Waals surface area contributed by atoms with Crippen LogP contribution in [0.3, 0.4) is 0 Å². The maximum atomic E-state index is 12.0. The first-order chi connectivity index (χ1) is 9.32. The maximum absolute atomic E-state index is 12.0. The van der Waals surface area contributed by atoms with Crippen molar-refractivity contribution < 1.29 is 19.5 Å². The second-order valence-electron chi connectivity index (χ2n) is 4.63. The zero-order chi connectivity index (χ0) is 15.3. The minimum atomic E-state index is -0.958. The summed E-state index contributed by atoms with van der Waals surface area (Å²) in [5.41, 5.74) is 0. The number of carbonyl (C=O) groups is 3. The number of hydrogen-bond donors (Lipinski definition) is 2. The Morgan fingerprint density at radius 2 is 2.05 bits per heavy atom. The average molecular weight is 298 g/mol. The number of carboxylic acids is 1. The van der Waals surface area contributed by atoms with Gasteiger partial charge >= 0.3 is 5.97 Å². The van der Waals surface area contributed by atoms with Crippen LogP contribution in [-0.4, -0.2) is 47.4 Å². The van der Waals surface area contributed by atoms with Crippen LogP contribution >= 0.6 is 11.3 Å². The lowest BCUT2D eigenvalue weighted by Crippen LogP contribution is -2.47. The number of carbonyl (C=O) groups excluding carboxylic acids is 2. The summed E-state index contributed by atoms with van der Waals surface area (Å²) in [4.78, 5) is 36.4. The van der Waals surface area contributed by atoms with Crippen molar-refractivity contribution in [2.75, 3.05) is 13.6 Å². The van der Waals surface area contributed by atoms with Gasteiger partial charge in [0.25, 0.3) is 5.91 Å². The Balaban J connectivity index is 2.54. The predicted octanol–water partition coefficient (Wildman–Crippen LogP) is 1.05. The van der Waals surface area contributed by atoms with E-state index in [0.717, 1.165) is 0 Å². The number of likely N-dealkylation sites (N-methyl/N-ethyl adjacent to an activating group) is 1. The van der Waals surface area contributed by atoms with E-state index in [-0.39, 0.29) is 18.4 Å². The summed E-state index contributed by atoms with van der Waals surface area (Å²) in [6.07, 6.45) is 0. The normalized spacial score (nSPS) is 13.3. The minimum absolute atomic E-state index is 0.105. The monoisotopic (exact) mass is 298 g/mol. The van der Waals surface area contributed by atoms with Gasteiger partial charge in [0, 0.05) is 13.6 Å². The van der Waals surface area contributed by atoms with E-state index < -0.39 is 17.9 Å². The van der Waals surface area contributed by atoms with E-state index in [1.54, 1.807) is 24.4 Å². The Bertz CT molecular complexity index is 487. The van der Waals surface area contributed by atoms with E-state index in [0.29, 0.717) is 4.88 Å². The van der Waals surface area contributed by atoms with Crippen LogP contribution < -0.4 is 5.32 Å². The first-order valence-corrected chi connectivity index (χ1v) is 7.03. The third kappa shape index (κ3) is 4.34. The molecule has 2 amide bonds. The number of carboxylic acid groups (broad SMARTS) is 1. The fourth-order valence-electron chi connectivity index (χ4n) is 1.65. The van der Waals surface area contributed by atoms with Crippen LogP contribution in [-0.2, 0) is 9.59 Å². The van der Waals surface area contributed by atoms with Crippen molar-refractivity contribution in [3.8, 4) is 0 Å². The van der Waals surface area contributed by atoms with Crippen LogP contribution in [0.4, 0.5) is 0 Å². The molecule has 110 valence electrons. The summed E-state index contributed by atoms with van der Waals surface area (Å²) in [6, 6.07) is 2.73. The van der Waals surface area contributed by atoms with E-state index in [9.17, 15) is 14.4 Å². The molecule has 2 N–H and O–H groups in total. The third-order valence-corrected chi connectivity index (χ3v) is 3.68. The minimum Gasteiger partial charge on any atom is -0.481 e. The lowest BCUT2D eigenvalue weighted by atomic mass is 10.1. The molecule has 0 bridgehead atoms. The van der Waals surface area contributed by atoms with Gasteiger partial charge in [0.05, 0.1) is 10.8 Å². The zero-order valence-electron chi connectivity index (χ0n) is 11.6. The van der Waals surface area contributed by atoms with E-state index in [2.05, 4.69) is 5.32 Å². The SMILES string of the molecule is CC(CN(C)C(=O)C(C)NC(=O)c1cccs1)C(=O)O. The van der Waals surface area contributed by atoms with E-state index >= 15 is 0 Å². The molecule has 1 aromatic heterocycles. The molecule has 1 rings (SSSR count). The smallest absolute Gasteiger partial charge is 0.308 e. The molecule has 7 heteroatoms. The van der Waals surface area contributed by atoms with Crippen LogP contribution in [0.5, 0.6) is 0 Å². The first kappa shape index (κ1) is 16.2. The van der Waals surface area contributed by atoms with Crippen molar-refractivity contribution in [1.82, 2.24) is 10.2 Å². The first-order valence-electron chi connectivity index (χ1n) is 6.15. The van der Waals surface area contributed by atoms with E-state index in [4.69, 9.17) is 5.11 Å². The van der Waals surface area contributed by atoms with Crippen LogP contribution in [0.2, 0.25) is 0 Å². The van der Waals surface area contributed by atoms with Gasteiger partial charge in [-0.25, -0.2) is 0 Å². The summed E-state index contributed by atoms with van der Waals surface area (Å²) in [5, 5.41) is 13.2. The van der Waals surface area contributed by atoms with Crippen LogP contribution in [0.1, 0.15) is 23.5 Å². The Labute approximate surface area is 121 Å². The number of aliphatic carboxylic acids is 1. The number of nitrogens with one attached hydrogen (secondary N) is 1. The number of rotatable bonds is 6. The van der Waals surface area contributed by atoms with Gasteiger partial charge in [-0.2, -0.15) is 0 Å². The summed E-state index contributed by atoms with van der Waals surface area (Å²) >= 11 is 1.29.